The first-order chi connectivity index (χ1) is 8.82. The van der Waals surface area contributed by atoms with Gasteiger partial charge in [-0.25, -0.2) is 0 Å². The molecule has 1 nitrogen and oxygen atoms in total. The molecule has 2 rings (SSSR count). The van der Waals surface area contributed by atoms with Crippen molar-refractivity contribution < 1.29 is 4.74 Å². The van der Waals surface area contributed by atoms with Crippen molar-refractivity contribution in [3.8, 4) is 5.75 Å². The standard InChI is InChI=1S/C18H26O/c1-6-14-7-9-16(10-8-14)19-18(5)12-11-15(13-18)17(2,3)4/h6-10,15H,1,11-13H2,2-5H3. The van der Waals surface area contributed by atoms with E-state index in [9.17, 15) is 0 Å². The minimum Gasteiger partial charge on any atom is -0.488 e. The number of hydrogen-bond donors (Lipinski definition) is 0. The van der Waals surface area contributed by atoms with E-state index in [0.29, 0.717) is 5.41 Å². The molecule has 2 atom stereocenters. The van der Waals surface area contributed by atoms with E-state index in [1.165, 1.54) is 6.42 Å². The van der Waals surface area contributed by atoms with Crippen molar-refractivity contribution in [2.24, 2.45) is 11.3 Å². The van der Waals surface area contributed by atoms with Gasteiger partial charge in [-0.3, -0.25) is 0 Å². The molecule has 0 bridgehead atoms. The normalized spacial score (nSPS) is 27.3. The van der Waals surface area contributed by atoms with Crippen LogP contribution in [-0.4, -0.2) is 5.60 Å². The van der Waals surface area contributed by atoms with Gasteiger partial charge < -0.3 is 4.74 Å². The Morgan fingerprint density at radius 3 is 2.37 bits per heavy atom. The van der Waals surface area contributed by atoms with Crippen molar-refractivity contribution in [3.63, 3.8) is 0 Å². The van der Waals surface area contributed by atoms with Gasteiger partial charge >= 0.3 is 0 Å². The predicted molar refractivity (Wildman–Crippen MR) is 82.4 cm³/mol. The second-order valence-corrected chi connectivity index (χ2v) is 7.13. The lowest BCUT2D eigenvalue weighted by atomic mass is 9.79. The van der Waals surface area contributed by atoms with Crippen molar-refractivity contribution in [2.75, 3.05) is 0 Å². The third-order valence-corrected chi connectivity index (χ3v) is 4.40. The Balaban J connectivity index is 2.04. The third-order valence-electron chi connectivity index (χ3n) is 4.40. The molecule has 1 aromatic carbocycles. The number of hydrogen-bond acceptors (Lipinski definition) is 1. The summed E-state index contributed by atoms with van der Waals surface area (Å²) in [5, 5.41) is 0. The number of benzene rings is 1. The smallest absolute Gasteiger partial charge is 0.120 e. The maximum absolute atomic E-state index is 6.25. The molecule has 1 aliphatic carbocycles. The second kappa shape index (κ2) is 5.03. The van der Waals surface area contributed by atoms with Crippen molar-refractivity contribution in [1.82, 2.24) is 0 Å². The van der Waals surface area contributed by atoms with Gasteiger partial charge in [-0.1, -0.05) is 45.6 Å². The summed E-state index contributed by atoms with van der Waals surface area (Å²) in [4.78, 5) is 0. The molecule has 0 aliphatic heterocycles. The highest BCUT2D eigenvalue weighted by atomic mass is 16.5. The van der Waals surface area contributed by atoms with E-state index in [4.69, 9.17) is 4.74 Å². The molecular weight excluding hydrogens is 232 g/mol. The van der Waals surface area contributed by atoms with Crippen LogP contribution in [0, 0.1) is 11.3 Å². The van der Waals surface area contributed by atoms with Gasteiger partial charge in [0.15, 0.2) is 0 Å². The van der Waals surface area contributed by atoms with Crippen LogP contribution in [0.2, 0.25) is 0 Å². The summed E-state index contributed by atoms with van der Waals surface area (Å²) < 4.78 is 6.25. The zero-order chi connectivity index (χ0) is 14.1. The van der Waals surface area contributed by atoms with Crippen molar-refractivity contribution in [3.05, 3.63) is 36.4 Å². The number of ether oxygens (including phenoxy) is 1. The second-order valence-electron chi connectivity index (χ2n) is 7.13. The molecule has 0 heterocycles. The SMILES string of the molecule is C=Cc1ccc(OC2(C)CCC(C(C)(C)C)C2)cc1. The van der Waals surface area contributed by atoms with E-state index < -0.39 is 0 Å². The highest BCUT2D eigenvalue weighted by molar-refractivity contribution is 5.48. The van der Waals surface area contributed by atoms with Gasteiger partial charge in [0, 0.05) is 0 Å². The van der Waals surface area contributed by atoms with E-state index in [1.807, 2.05) is 18.2 Å². The summed E-state index contributed by atoms with van der Waals surface area (Å²) in [7, 11) is 0. The molecule has 1 aromatic rings. The predicted octanol–water partition coefficient (Wildman–Crippen LogP) is 5.31. The first-order valence-corrected chi connectivity index (χ1v) is 7.24. The monoisotopic (exact) mass is 258 g/mol. The molecule has 2 unspecified atom stereocenters. The molecule has 104 valence electrons. The van der Waals surface area contributed by atoms with Gasteiger partial charge in [0.05, 0.1) is 0 Å². The van der Waals surface area contributed by atoms with Gasteiger partial charge in [-0.15, -0.1) is 0 Å². The zero-order valence-corrected chi connectivity index (χ0v) is 12.7. The maximum Gasteiger partial charge on any atom is 0.120 e. The molecule has 0 amide bonds. The summed E-state index contributed by atoms with van der Waals surface area (Å²) in [5.74, 6) is 1.73. The van der Waals surface area contributed by atoms with E-state index in [0.717, 1.165) is 30.1 Å². The lowest BCUT2D eigenvalue weighted by Gasteiger charge is -2.30. The first-order valence-electron chi connectivity index (χ1n) is 7.24. The lowest BCUT2D eigenvalue weighted by molar-refractivity contribution is 0.0819. The van der Waals surface area contributed by atoms with Crippen molar-refractivity contribution in [2.45, 2.75) is 52.6 Å². The summed E-state index contributed by atoms with van der Waals surface area (Å²) in [6.45, 7) is 13.0. The van der Waals surface area contributed by atoms with E-state index >= 15 is 0 Å². The maximum atomic E-state index is 6.25. The van der Waals surface area contributed by atoms with Crippen LogP contribution >= 0.6 is 0 Å². The number of rotatable bonds is 3. The Labute approximate surface area is 117 Å². The molecule has 0 aromatic heterocycles. The fourth-order valence-corrected chi connectivity index (χ4v) is 2.99. The molecule has 1 saturated carbocycles. The summed E-state index contributed by atoms with van der Waals surface area (Å²) in [5.41, 5.74) is 1.51. The molecule has 1 fully saturated rings. The lowest BCUT2D eigenvalue weighted by Crippen LogP contribution is -2.30. The van der Waals surface area contributed by atoms with Crippen LogP contribution in [0.15, 0.2) is 30.8 Å². The summed E-state index contributed by atoms with van der Waals surface area (Å²) >= 11 is 0. The highest BCUT2D eigenvalue weighted by Gasteiger charge is 2.41. The average molecular weight is 258 g/mol. The first kappa shape index (κ1) is 14.2. The third kappa shape index (κ3) is 3.40. The Bertz CT molecular complexity index is 438. The molecule has 0 N–H and O–H groups in total. The van der Waals surface area contributed by atoms with Crippen LogP contribution in [0.5, 0.6) is 5.75 Å². The van der Waals surface area contributed by atoms with Crippen LogP contribution < -0.4 is 4.74 Å². The molecule has 1 aliphatic rings. The van der Waals surface area contributed by atoms with Gasteiger partial charge in [-0.05, 0) is 55.2 Å². The molecule has 0 spiro atoms. The van der Waals surface area contributed by atoms with Crippen molar-refractivity contribution >= 4 is 6.08 Å². The Hall–Kier alpha value is -1.24. The van der Waals surface area contributed by atoms with Gasteiger partial charge in [-0.2, -0.15) is 0 Å². The molecule has 1 heteroatoms. The fourth-order valence-electron chi connectivity index (χ4n) is 2.99. The van der Waals surface area contributed by atoms with Crippen LogP contribution in [0.3, 0.4) is 0 Å². The highest BCUT2D eigenvalue weighted by Crippen LogP contribution is 2.45. The van der Waals surface area contributed by atoms with E-state index in [2.05, 4.69) is 46.4 Å². The topological polar surface area (TPSA) is 9.23 Å². The summed E-state index contributed by atoms with van der Waals surface area (Å²) in [6, 6.07) is 8.21. The molecule has 19 heavy (non-hydrogen) atoms. The minimum absolute atomic E-state index is 0.00631. The van der Waals surface area contributed by atoms with Crippen LogP contribution in [0.4, 0.5) is 0 Å². The van der Waals surface area contributed by atoms with E-state index in [1.54, 1.807) is 0 Å². The van der Waals surface area contributed by atoms with Crippen LogP contribution in [-0.2, 0) is 0 Å². The molecular formula is C18H26O. The van der Waals surface area contributed by atoms with E-state index in [-0.39, 0.29) is 5.60 Å². The molecule has 0 saturated heterocycles. The Kier molecular flexibility index (Phi) is 3.75. The van der Waals surface area contributed by atoms with Crippen LogP contribution in [0.25, 0.3) is 6.08 Å². The quantitative estimate of drug-likeness (QED) is 0.713. The zero-order valence-electron chi connectivity index (χ0n) is 12.7. The minimum atomic E-state index is -0.00631. The summed E-state index contributed by atoms with van der Waals surface area (Å²) in [6.07, 6.45) is 5.43. The average Bonchev–Trinajstić information content (AvgIpc) is 2.72. The largest absolute Gasteiger partial charge is 0.488 e. The van der Waals surface area contributed by atoms with Gasteiger partial charge in [0.2, 0.25) is 0 Å². The fraction of sp³-hybridized carbons (Fsp3) is 0.556. The molecule has 0 radical (unpaired) electrons. The Morgan fingerprint density at radius 1 is 1.26 bits per heavy atom. The Morgan fingerprint density at radius 2 is 1.89 bits per heavy atom. The van der Waals surface area contributed by atoms with Gasteiger partial charge in [0.1, 0.15) is 11.4 Å². The van der Waals surface area contributed by atoms with Crippen molar-refractivity contribution in [1.29, 1.82) is 0 Å². The van der Waals surface area contributed by atoms with Gasteiger partial charge in [0.25, 0.3) is 0 Å². The van der Waals surface area contributed by atoms with Crippen LogP contribution in [0.1, 0.15) is 52.5 Å².